The second-order valence-electron chi connectivity index (χ2n) is 4.16. The summed E-state index contributed by atoms with van der Waals surface area (Å²) in [6, 6.07) is 8.36. The summed E-state index contributed by atoms with van der Waals surface area (Å²) < 4.78 is 5.70. The molecule has 1 aromatic carbocycles. The van der Waals surface area contributed by atoms with Crippen molar-refractivity contribution in [1.29, 1.82) is 0 Å². The first-order valence-electron chi connectivity index (χ1n) is 5.23. The van der Waals surface area contributed by atoms with Crippen molar-refractivity contribution >= 4 is 14.6 Å². The average Bonchev–Trinajstić information content (AvgIpc) is 2.17. The van der Waals surface area contributed by atoms with Crippen LogP contribution in [0.3, 0.4) is 0 Å². The Kier molecular flexibility index (Phi) is 4.15. The van der Waals surface area contributed by atoms with Gasteiger partial charge in [-0.15, -0.1) is 0 Å². The van der Waals surface area contributed by atoms with E-state index >= 15 is 0 Å². The molecule has 0 N–H and O–H groups in total. The predicted molar refractivity (Wildman–Crippen MR) is 68.5 cm³/mol. The molecule has 0 aliphatic rings. The Hall–Kier alpha value is -1.02. The Labute approximate surface area is 94.5 Å². The third-order valence-corrected chi connectivity index (χ3v) is 3.00. The summed E-state index contributed by atoms with van der Waals surface area (Å²) in [7, 11) is -0.648. The van der Waals surface area contributed by atoms with E-state index < -0.39 is 9.04 Å². The first-order chi connectivity index (χ1) is 7.00. The molecule has 0 saturated carbocycles. The lowest BCUT2D eigenvalue weighted by molar-refractivity contribution is 0.580. The molecule has 0 aliphatic heterocycles. The van der Waals surface area contributed by atoms with Gasteiger partial charge in [0.1, 0.15) is 5.75 Å². The van der Waals surface area contributed by atoms with E-state index in [9.17, 15) is 0 Å². The number of rotatable bonds is 3. The highest BCUT2D eigenvalue weighted by molar-refractivity contribution is 6.49. The van der Waals surface area contributed by atoms with Gasteiger partial charge in [0, 0.05) is 0 Å². The molecule has 81 valence electrons. The van der Waals surface area contributed by atoms with Crippen molar-refractivity contribution in [1.82, 2.24) is 0 Å². The Morgan fingerprint density at radius 3 is 1.93 bits per heavy atom. The zero-order chi connectivity index (χ0) is 11.4. The fraction of sp³-hybridized carbons (Fsp3) is 0.385. The summed E-state index contributed by atoms with van der Waals surface area (Å²) in [5, 5.41) is 0. The van der Waals surface area contributed by atoms with E-state index in [4.69, 9.17) is 4.43 Å². The predicted octanol–water partition coefficient (Wildman–Crippen LogP) is 4.13. The van der Waals surface area contributed by atoms with Crippen molar-refractivity contribution in [2.45, 2.75) is 33.9 Å². The first kappa shape index (κ1) is 12.0. The molecule has 0 atom stereocenters. The highest BCUT2D eigenvalue weighted by atomic mass is 28.3. The number of hydrogen-bond acceptors (Lipinski definition) is 1. The van der Waals surface area contributed by atoms with Gasteiger partial charge in [-0.1, -0.05) is 17.7 Å². The van der Waals surface area contributed by atoms with Crippen LogP contribution < -0.4 is 4.43 Å². The summed E-state index contributed by atoms with van der Waals surface area (Å²) in [4.78, 5) is 0. The summed E-state index contributed by atoms with van der Waals surface area (Å²) in [5.41, 5.74) is 3.99. The van der Waals surface area contributed by atoms with E-state index in [0.29, 0.717) is 0 Å². The van der Waals surface area contributed by atoms with Crippen LogP contribution in [0.15, 0.2) is 29.8 Å². The zero-order valence-corrected chi connectivity index (χ0v) is 11.2. The molecule has 0 bridgehead atoms. The second-order valence-corrected chi connectivity index (χ2v) is 6.18. The van der Waals surface area contributed by atoms with Crippen LogP contribution in [0.4, 0.5) is 0 Å². The maximum atomic E-state index is 5.70. The quantitative estimate of drug-likeness (QED) is 0.695. The van der Waals surface area contributed by atoms with Crippen molar-refractivity contribution in [3.05, 3.63) is 35.4 Å². The van der Waals surface area contributed by atoms with Crippen LogP contribution in [-0.2, 0) is 0 Å². The molecule has 1 aromatic rings. The molecule has 0 heterocycles. The number of hydrogen-bond donors (Lipinski definition) is 0. The fourth-order valence-electron chi connectivity index (χ4n) is 1.30. The minimum atomic E-state index is -0.648. The van der Waals surface area contributed by atoms with E-state index in [1.807, 2.05) is 0 Å². The Balaban J connectivity index is 2.86. The summed E-state index contributed by atoms with van der Waals surface area (Å²) in [6.45, 7) is 10.7. The van der Waals surface area contributed by atoms with Gasteiger partial charge in [0.15, 0.2) is 0 Å². The molecular weight excluding hydrogens is 200 g/mol. The Bertz CT molecular complexity index is 345. The lowest BCUT2D eigenvalue weighted by Gasteiger charge is -2.09. The summed E-state index contributed by atoms with van der Waals surface area (Å²) in [6.07, 6.45) is 0. The van der Waals surface area contributed by atoms with Crippen molar-refractivity contribution in [3.63, 3.8) is 0 Å². The molecule has 0 aromatic heterocycles. The second kappa shape index (κ2) is 5.17. The first-order valence-corrected chi connectivity index (χ1v) is 7.64. The van der Waals surface area contributed by atoms with Crippen molar-refractivity contribution in [3.8, 4) is 5.75 Å². The van der Waals surface area contributed by atoms with Crippen LogP contribution >= 0.6 is 0 Å². The van der Waals surface area contributed by atoms with Crippen molar-refractivity contribution in [2.24, 2.45) is 0 Å². The molecule has 2 heteroatoms. The molecule has 0 unspecified atom stereocenters. The fourth-order valence-corrected chi connectivity index (χ4v) is 1.90. The molecule has 1 radical (unpaired) electrons. The van der Waals surface area contributed by atoms with Crippen LogP contribution in [0, 0.1) is 0 Å². The minimum Gasteiger partial charge on any atom is -0.543 e. The van der Waals surface area contributed by atoms with Crippen molar-refractivity contribution < 1.29 is 4.43 Å². The lowest BCUT2D eigenvalue weighted by atomic mass is 10.0. The molecule has 0 amide bonds. The molecule has 0 saturated heterocycles. The van der Waals surface area contributed by atoms with Gasteiger partial charge in [0.25, 0.3) is 9.04 Å². The molecule has 1 nitrogen and oxygen atoms in total. The minimum absolute atomic E-state index is 0.648. The summed E-state index contributed by atoms with van der Waals surface area (Å²) >= 11 is 0. The van der Waals surface area contributed by atoms with E-state index in [2.05, 4.69) is 58.1 Å². The highest BCUT2D eigenvalue weighted by Crippen LogP contribution is 2.21. The SMILES string of the molecule is CC(C)=C(C)c1ccc(O[Si](C)C)cc1. The van der Waals surface area contributed by atoms with Gasteiger partial charge >= 0.3 is 0 Å². The van der Waals surface area contributed by atoms with E-state index in [1.54, 1.807) is 0 Å². The molecule has 15 heavy (non-hydrogen) atoms. The Morgan fingerprint density at radius 1 is 1.00 bits per heavy atom. The maximum Gasteiger partial charge on any atom is 0.274 e. The zero-order valence-electron chi connectivity index (χ0n) is 10.2. The average molecular weight is 219 g/mol. The van der Waals surface area contributed by atoms with Gasteiger partial charge in [-0.05, 0) is 57.1 Å². The number of benzene rings is 1. The third-order valence-electron chi connectivity index (χ3n) is 2.36. The largest absolute Gasteiger partial charge is 0.543 e. The monoisotopic (exact) mass is 219 g/mol. The standard InChI is InChI=1S/C13H19OSi/c1-10(2)11(3)12-6-8-13(9-7-12)14-15(4)5/h6-9H,1-5H3. The van der Waals surface area contributed by atoms with Gasteiger partial charge in [-0.3, -0.25) is 0 Å². The molecule has 1 rings (SSSR count). The molecule has 0 fully saturated rings. The van der Waals surface area contributed by atoms with Crippen LogP contribution in [0.5, 0.6) is 5.75 Å². The van der Waals surface area contributed by atoms with E-state index in [-0.39, 0.29) is 0 Å². The molecule has 0 spiro atoms. The normalized spacial score (nSPS) is 10.3. The van der Waals surface area contributed by atoms with Crippen LogP contribution in [-0.4, -0.2) is 9.04 Å². The summed E-state index contributed by atoms with van der Waals surface area (Å²) in [5.74, 6) is 0.985. The van der Waals surface area contributed by atoms with Crippen LogP contribution in [0.1, 0.15) is 26.3 Å². The highest BCUT2D eigenvalue weighted by Gasteiger charge is 2.01. The Morgan fingerprint density at radius 2 is 1.53 bits per heavy atom. The van der Waals surface area contributed by atoms with Crippen molar-refractivity contribution in [2.75, 3.05) is 0 Å². The van der Waals surface area contributed by atoms with Gasteiger partial charge in [0.2, 0.25) is 0 Å². The smallest absolute Gasteiger partial charge is 0.274 e. The topological polar surface area (TPSA) is 9.23 Å². The van der Waals surface area contributed by atoms with Gasteiger partial charge in [-0.2, -0.15) is 0 Å². The van der Waals surface area contributed by atoms with Gasteiger partial charge in [0.05, 0.1) is 0 Å². The third kappa shape index (κ3) is 3.55. The molecular formula is C13H19OSi. The van der Waals surface area contributed by atoms with Crippen LogP contribution in [0.25, 0.3) is 5.57 Å². The van der Waals surface area contributed by atoms with E-state index in [0.717, 1.165) is 5.75 Å². The van der Waals surface area contributed by atoms with Gasteiger partial charge in [-0.25, -0.2) is 0 Å². The van der Waals surface area contributed by atoms with E-state index in [1.165, 1.54) is 16.7 Å². The van der Waals surface area contributed by atoms with Crippen LogP contribution in [0.2, 0.25) is 13.1 Å². The maximum absolute atomic E-state index is 5.70. The van der Waals surface area contributed by atoms with Gasteiger partial charge < -0.3 is 4.43 Å². The lowest BCUT2D eigenvalue weighted by Crippen LogP contribution is -2.10. The molecule has 0 aliphatic carbocycles. The number of allylic oxidation sites excluding steroid dienone is 2.